The number of benzene rings is 3. The summed E-state index contributed by atoms with van der Waals surface area (Å²) >= 11 is 6.95. The van der Waals surface area contributed by atoms with Crippen molar-refractivity contribution in [1.29, 1.82) is 0 Å². The van der Waals surface area contributed by atoms with Crippen molar-refractivity contribution in [3.05, 3.63) is 98.4 Å². The number of carbonyl (C=O) groups is 2. The maximum atomic E-state index is 13.6. The van der Waals surface area contributed by atoms with Gasteiger partial charge in [0.25, 0.3) is 5.91 Å². The van der Waals surface area contributed by atoms with Crippen molar-refractivity contribution in [1.82, 2.24) is 10.2 Å². The number of carbonyl (C=O) groups excluding carboxylic acids is 2. The van der Waals surface area contributed by atoms with E-state index in [-0.39, 0.29) is 18.4 Å². The fourth-order valence-electron chi connectivity index (χ4n) is 3.78. The Balaban J connectivity index is 1.88. The first-order valence-electron chi connectivity index (χ1n) is 12.1. The largest absolute Gasteiger partial charge is 0.484 e. The lowest BCUT2D eigenvalue weighted by Crippen LogP contribution is -2.51. The number of nitrogens with zero attached hydrogens (tertiary/aromatic N) is 1. The molecule has 0 saturated carbocycles. The van der Waals surface area contributed by atoms with E-state index in [1.807, 2.05) is 79.7 Å². The lowest BCUT2D eigenvalue weighted by molar-refractivity contribution is -0.142. The molecule has 0 saturated heterocycles. The summed E-state index contributed by atoms with van der Waals surface area (Å²) in [5, 5.41) is 3.04. The Morgan fingerprint density at radius 2 is 1.69 bits per heavy atom. The molecule has 0 spiro atoms. The van der Waals surface area contributed by atoms with Crippen LogP contribution in [-0.4, -0.2) is 35.9 Å². The molecule has 0 fully saturated rings. The summed E-state index contributed by atoms with van der Waals surface area (Å²) in [4.78, 5) is 28.7. The molecule has 7 heteroatoms. The van der Waals surface area contributed by atoms with Crippen molar-refractivity contribution in [2.45, 2.75) is 45.7 Å². The molecule has 0 aliphatic rings. The van der Waals surface area contributed by atoms with Crippen molar-refractivity contribution in [3.8, 4) is 5.75 Å². The summed E-state index contributed by atoms with van der Waals surface area (Å²) in [5.74, 6) is 0.210. The van der Waals surface area contributed by atoms with E-state index >= 15 is 0 Å². The average Bonchev–Trinajstić information content (AvgIpc) is 2.88. The highest BCUT2D eigenvalue weighted by atomic mass is 79.9. The Labute approximate surface area is 230 Å². The maximum absolute atomic E-state index is 13.6. The molecular formula is C29H32Br2N2O3. The molecule has 5 nitrogen and oxygen atoms in total. The molecule has 2 amide bonds. The highest BCUT2D eigenvalue weighted by Crippen LogP contribution is 2.22. The van der Waals surface area contributed by atoms with Gasteiger partial charge in [0, 0.05) is 28.5 Å². The number of amides is 2. The van der Waals surface area contributed by atoms with Gasteiger partial charge in [-0.05, 0) is 60.4 Å². The summed E-state index contributed by atoms with van der Waals surface area (Å²) in [6.07, 6.45) is 2.28. The lowest BCUT2D eigenvalue weighted by Gasteiger charge is -2.31. The highest BCUT2D eigenvalue weighted by Gasteiger charge is 2.30. The molecule has 0 bridgehead atoms. The van der Waals surface area contributed by atoms with Gasteiger partial charge in [0.15, 0.2) is 6.61 Å². The van der Waals surface area contributed by atoms with Gasteiger partial charge in [-0.1, -0.05) is 87.7 Å². The predicted octanol–water partition coefficient (Wildman–Crippen LogP) is 6.46. The topological polar surface area (TPSA) is 58.6 Å². The van der Waals surface area contributed by atoms with E-state index in [4.69, 9.17) is 4.74 Å². The SMILES string of the molecule is CCCCNC(=O)C(Cc1ccccc1)N(Cc1ccc(Br)cc1)C(=O)COc1ccc(Br)c(C)c1. The van der Waals surface area contributed by atoms with E-state index < -0.39 is 6.04 Å². The summed E-state index contributed by atoms with van der Waals surface area (Å²) < 4.78 is 7.80. The van der Waals surface area contributed by atoms with E-state index in [2.05, 4.69) is 44.1 Å². The van der Waals surface area contributed by atoms with Gasteiger partial charge in [-0.15, -0.1) is 0 Å². The van der Waals surface area contributed by atoms with Gasteiger partial charge < -0.3 is 15.0 Å². The highest BCUT2D eigenvalue weighted by molar-refractivity contribution is 9.10. The zero-order chi connectivity index (χ0) is 25.9. The van der Waals surface area contributed by atoms with Crippen molar-refractivity contribution in [2.24, 2.45) is 0 Å². The summed E-state index contributed by atoms with van der Waals surface area (Å²) in [6, 6.07) is 22.5. The van der Waals surface area contributed by atoms with E-state index in [1.165, 1.54) is 0 Å². The quantitative estimate of drug-likeness (QED) is 0.238. The number of ether oxygens (including phenoxy) is 1. The van der Waals surface area contributed by atoms with Crippen LogP contribution in [0.5, 0.6) is 5.75 Å². The van der Waals surface area contributed by atoms with Gasteiger partial charge in [-0.2, -0.15) is 0 Å². The summed E-state index contributed by atoms with van der Waals surface area (Å²) in [5.41, 5.74) is 2.94. The van der Waals surface area contributed by atoms with Gasteiger partial charge in [0.2, 0.25) is 5.91 Å². The third-order valence-corrected chi connectivity index (χ3v) is 7.28. The molecule has 0 aliphatic heterocycles. The van der Waals surface area contributed by atoms with Gasteiger partial charge >= 0.3 is 0 Å². The van der Waals surface area contributed by atoms with Crippen LogP contribution in [0.1, 0.15) is 36.5 Å². The normalized spacial score (nSPS) is 11.6. The number of hydrogen-bond acceptors (Lipinski definition) is 3. The van der Waals surface area contributed by atoms with E-state index in [0.717, 1.165) is 38.5 Å². The number of nitrogens with one attached hydrogen (secondary N) is 1. The first-order valence-corrected chi connectivity index (χ1v) is 13.7. The second-order valence-electron chi connectivity index (χ2n) is 8.70. The van der Waals surface area contributed by atoms with Crippen molar-refractivity contribution in [3.63, 3.8) is 0 Å². The third-order valence-electron chi connectivity index (χ3n) is 5.86. The van der Waals surface area contributed by atoms with E-state index in [0.29, 0.717) is 25.3 Å². The van der Waals surface area contributed by atoms with Crippen LogP contribution >= 0.6 is 31.9 Å². The predicted molar refractivity (Wildman–Crippen MR) is 151 cm³/mol. The molecule has 0 aromatic heterocycles. The number of unbranched alkanes of at least 4 members (excludes halogenated alkanes) is 1. The molecule has 1 N–H and O–H groups in total. The molecule has 190 valence electrons. The molecule has 3 rings (SSSR count). The number of rotatable bonds is 12. The van der Waals surface area contributed by atoms with Gasteiger partial charge in [-0.3, -0.25) is 9.59 Å². The number of aryl methyl sites for hydroxylation is 1. The number of halogens is 2. The molecule has 1 atom stereocenters. The minimum Gasteiger partial charge on any atom is -0.484 e. The second kappa shape index (κ2) is 14.2. The Bertz CT molecular complexity index is 1140. The molecule has 0 aliphatic carbocycles. The standard InChI is InChI=1S/C29H32Br2N2O3/c1-3-4-16-32-29(35)27(18-22-8-6-5-7-9-22)33(19-23-10-12-24(30)13-11-23)28(34)20-36-25-14-15-26(31)21(2)17-25/h5-15,17,27H,3-4,16,18-20H2,1-2H3,(H,32,35). The van der Waals surface area contributed by atoms with Crippen LogP contribution in [-0.2, 0) is 22.6 Å². The molecule has 0 heterocycles. The third kappa shape index (κ3) is 8.49. The van der Waals surface area contributed by atoms with Crippen LogP contribution in [0.4, 0.5) is 0 Å². The molecule has 0 radical (unpaired) electrons. The summed E-state index contributed by atoms with van der Waals surface area (Å²) in [7, 11) is 0. The van der Waals surface area contributed by atoms with Crippen molar-refractivity contribution >= 4 is 43.7 Å². The fourth-order valence-corrected chi connectivity index (χ4v) is 4.29. The first kappa shape index (κ1) is 27.9. The van der Waals surface area contributed by atoms with E-state index in [1.54, 1.807) is 4.90 Å². The van der Waals surface area contributed by atoms with Gasteiger partial charge in [0.1, 0.15) is 11.8 Å². The molecule has 36 heavy (non-hydrogen) atoms. The van der Waals surface area contributed by atoms with Crippen LogP contribution in [0.15, 0.2) is 81.7 Å². The molecule has 1 unspecified atom stereocenters. The smallest absolute Gasteiger partial charge is 0.261 e. The zero-order valence-corrected chi connectivity index (χ0v) is 23.8. The number of hydrogen-bond donors (Lipinski definition) is 1. The van der Waals surface area contributed by atoms with Gasteiger partial charge in [-0.25, -0.2) is 0 Å². The van der Waals surface area contributed by atoms with Crippen LogP contribution in [0.3, 0.4) is 0 Å². The zero-order valence-electron chi connectivity index (χ0n) is 20.7. The Morgan fingerprint density at radius 1 is 0.972 bits per heavy atom. The van der Waals surface area contributed by atoms with Crippen LogP contribution in [0.2, 0.25) is 0 Å². The second-order valence-corrected chi connectivity index (χ2v) is 10.5. The van der Waals surface area contributed by atoms with E-state index in [9.17, 15) is 9.59 Å². The fraction of sp³-hybridized carbons (Fsp3) is 0.310. The monoisotopic (exact) mass is 614 g/mol. The first-order chi connectivity index (χ1) is 17.4. The van der Waals surface area contributed by atoms with Crippen LogP contribution in [0, 0.1) is 6.92 Å². The van der Waals surface area contributed by atoms with Gasteiger partial charge in [0.05, 0.1) is 0 Å². The Kier molecular flexibility index (Phi) is 11.0. The minimum absolute atomic E-state index is 0.155. The van der Waals surface area contributed by atoms with Crippen molar-refractivity contribution in [2.75, 3.05) is 13.2 Å². The Hall–Kier alpha value is -2.64. The summed E-state index contributed by atoms with van der Waals surface area (Å²) in [6.45, 7) is 4.77. The molecule has 3 aromatic carbocycles. The van der Waals surface area contributed by atoms with Crippen LogP contribution in [0.25, 0.3) is 0 Å². The lowest BCUT2D eigenvalue weighted by atomic mass is 10.0. The molecular weight excluding hydrogens is 584 g/mol. The average molecular weight is 616 g/mol. The van der Waals surface area contributed by atoms with Crippen LogP contribution < -0.4 is 10.1 Å². The molecule has 3 aromatic rings. The minimum atomic E-state index is -0.671. The van der Waals surface area contributed by atoms with Crippen molar-refractivity contribution < 1.29 is 14.3 Å². The maximum Gasteiger partial charge on any atom is 0.261 e. The Morgan fingerprint density at radius 3 is 2.36 bits per heavy atom.